The summed E-state index contributed by atoms with van der Waals surface area (Å²) >= 11 is 0. The molecule has 2 aliphatic rings. The normalized spacial score (nSPS) is 29.1. The smallest absolute Gasteiger partial charge is 0.344 e. The van der Waals surface area contributed by atoms with E-state index >= 15 is 0 Å². The minimum Gasteiger partial charge on any atom is -0.458 e. The molecule has 1 heterocycles. The highest BCUT2D eigenvalue weighted by molar-refractivity contribution is 5.96. The lowest BCUT2D eigenvalue weighted by Gasteiger charge is -2.37. The predicted octanol–water partition coefficient (Wildman–Crippen LogP) is 2.55. The maximum absolute atomic E-state index is 12.6. The van der Waals surface area contributed by atoms with Crippen LogP contribution in [0.1, 0.15) is 53.4 Å². The zero-order chi connectivity index (χ0) is 17.9. The number of carbonyl (C=O) groups excluding carboxylic acids is 3. The zero-order valence-corrected chi connectivity index (χ0v) is 14.9. The largest absolute Gasteiger partial charge is 0.458 e. The van der Waals surface area contributed by atoms with Crippen molar-refractivity contribution in [2.75, 3.05) is 0 Å². The number of carbonyl (C=O) groups is 3. The Morgan fingerprint density at radius 1 is 1.33 bits per heavy atom. The van der Waals surface area contributed by atoms with Crippen molar-refractivity contribution in [1.29, 1.82) is 0 Å². The van der Waals surface area contributed by atoms with Crippen molar-refractivity contribution in [2.24, 2.45) is 17.8 Å². The summed E-state index contributed by atoms with van der Waals surface area (Å²) in [5.74, 6) is 0.542. The van der Waals surface area contributed by atoms with Crippen LogP contribution in [0.15, 0.2) is 17.4 Å². The van der Waals surface area contributed by atoms with E-state index in [-0.39, 0.29) is 29.8 Å². The van der Waals surface area contributed by atoms with Crippen LogP contribution in [-0.4, -0.2) is 29.8 Å². The third kappa shape index (κ3) is 4.57. The van der Waals surface area contributed by atoms with Crippen molar-refractivity contribution < 1.29 is 19.1 Å². The fraction of sp³-hybridized carbons (Fsp3) is 0.684. The lowest BCUT2D eigenvalue weighted by atomic mass is 9.75. The quantitative estimate of drug-likeness (QED) is 0.363. The fourth-order valence-corrected chi connectivity index (χ4v) is 3.47. The van der Waals surface area contributed by atoms with E-state index < -0.39 is 12.0 Å². The van der Waals surface area contributed by atoms with E-state index in [0.29, 0.717) is 17.8 Å². The summed E-state index contributed by atoms with van der Waals surface area (Å²) in [5, 5.41) is 2.66. The fourth-order valence-electron chi connectivity index (χ4n) is 3.47. The van der Waals surface area contributed by atoms with Gasteiger partial charge in [-0.05, 0) is 37.5 Å². The summed E-state index contributed by atoms with van der Waals surface area (Å²) in [4.78, 5) is 35.0. The number of β-lactam (4-membered cyclic amide) rings is 1. The first-order valence-electron chi connectivity index (χ1n) is 8.75. The molecule has 0 aromatic carbocycles. The molecule has 4 atom stereocenters. The Hall–Kier alpha value is -1.87. The number of nitrogens with one attached hydrogen (secondary N) is 1. The first-order chi connectivity index (χ1) is 11.3. The Morgan fingerprint density at radius 3 is 2.54 bits per heavy atom. The molecule has 2 rings (SSSR count). The number of esters is 1. The monoisotopic (exact) mass is 333 g/mol. The Morgan fingerprint density at radius 2 is 2.00 bits per heavy atom. The van der Waals surface area contributed by atoms with Gasteiger partial charge in [0, 0.05) is 6.08 Å². The molecule has 1 aliphatic heterocycles. The third-order valence-electron chi connectivity index (χ3n) is 4.94. The summed E-state index contributed by atoms with van der Waals surface area (Å²) < 4.78 is 5.80. The van der Waals surface area contributed by atoms with Crippen LogP contribution in [0, 0.1) is 17.8 Å². The van der Waals surface area contributed by atoms with E-state index in [4.69, 9.17) is 4.74 Å². The van der Waals surface area contributed by atoms with Crippen molar-refractivity contribution in [3.8, 4) is 0 Å². The molecule has 5 nitrogen and oxygen atoms in total. The molecular formula is C19H27NO4. The molecule has 1 saturated carbocycles. The minimum atomic E-state index is -0.470. The number of hydrogen-bond donors (Lipinski definition) is 1. The van der Waals surface area contributed by atoms with Gasteiger partial charge in [-0.2, -0.15) is 0 Å². The number of ether oxygens (including phenoxy) is 1. The second-order valence-electron chi connectivity index (χ2n) is 7.41. The lowest BCUT2D eigenvalue weighted by molar-refractivity contribution is -0.151. The predicted molar refractivity (Wildman–Crippen MR) is 90.0 cm³/mol. The molecular weight excluding hydrogens is 306 g/mol. The Bertz CT molecular complexity index is 578. The Balaban J connectivity index is 2.15. The second-order valence-corrected chi connectivity index (χ2v) is 7.41. The maximum Gasteiger partial charge on any atom is 0.344 e. The van der Waals surface area contributed by atoms with Crippen molar-refractivity contribution >= 4 is 17.7 Å². The molecule has 132 valence electrons. The van der Waals surface area contributed by atoms with Crippen LogP contribution in [0.4, 0.5) is 0 Å². The summed E-state index contributed by atoms with van der Waals surface area (Å²) in [6.07, 6.45) is 4.41. The highest BCUT2D eigenvalue weighted by atomic mass is 16.5. The number of hydrogen-bond acceptors (Lipinski definition) is 4. The molecule has 5 heteroatoms. The topological polar surface area (TPSA) is 72.5 Å². The van der Waals surface area contributed by atoms with Gasteiger partial charge in [-0.1, -0.05) is 27.2 Å². The molecule has 24 heavy (non-hydrogen) atoms. The summed E-state index contributed by atoms with van der Waals surface area (Å²) in [6, 6.07) is -0.404. The number of ketones is 1. The molecule has 1 aliphatic carbocycles. The van der Waals surface area contributed by atoms with E-state index in [1.807, 2.05) is 0 Å². The van der Waals surface area contributed by atoms with Gasteiger partial charge in [0.2, 0.25) is 5.91 Å². The Labute approximate surface area is 143 Å². The molecule has 0 aromatic rings. The number of amides is 1. The zero-order valence-electron chi connectivity index (χ0n) is 14.9. The van der Waals surface area contributed by atoms with Crippen LogP contribution in [0.3, 0.4) is 0 Å². The molecule has 1 amide bonds. The molecule has 2 fully saturated rings. The van der Waals surface area contributed by atoms with Crippen LogP contribution in [0.2, 0.25) is 0 Å². The van der Waals surface area contributed by atoms with Crippen molar-refractivity contribution in [2.45, 2.75) is 65.5 Å². The van der Waals surface area contributed by atoms with Crippen molar-refractivity contribution in [1.82, 2.24) is 5.32 Å². The van der Waals surface area contributed by atoms with Crippen LogP contribution in [-0.2, 0) is 19.1 Å². The molecule has 1 N–H and O–H groups in total. The number of rotatable bonds is 5. The molecule has 1 unspecified atom stereocenters. The first kappa shape index (κ1) is 18.5. The SMILES string of the molecule is CC(=O)C=C=C(C(=O)O[C@H]1C[C@@H](C)CC[C@@H]1C(C)C)C1CC(=O)N1. The van der Waals surface area contributed by atoms with Crippen LogP contribution >= 0.6 is 0 Å². The standard InChI is InChI=1S/C19H27NO4/c1-11(2)14-7-5-12(3)9-17(14)24-19(23)15(8-6-13(4)21)16-10-18(22)20-16/h6,11-12,14,16-17H,5,7,9-10H2,1-4H3,(H,20,22)/t8?,12-,14+,16?,17-/m0/s1. The van der Waals surface area contributed by atoms with Gasteiger partial charge in [0.15, 0.2) is 5.78 Å². The van der Waals surface area contributed by atoms with Crippen LogP contribution in [0.25, 0.3) is 0 Å². The third-order valence-corrected chi connectivity index (χ3v) is 4.94. The molecule has 1 saturated heterocycles. The van der Waals surface area contributed by atoms with Crippen molar-refractivity contribution in [3.63, 3.8) is 0 Å². The van der Waals surface area contributed by atoms with E-state index in [1.165, 1.54) is 13.0 Å². The average Bonchev–Trinajstić information content (AvgIpc) is 2.44. The summed E-state index contributed by atoms with van der Waals surface area (Å²) in [6.45, 7) is 7.88. The van der Waals surface area contributed by atoms with Gasteiger partial charge in [0.25, 0.3) is 0 Å². The second kappa shape index (κ2) is 7.80. The van der Waals surface area contributed by atoms with E-state index in [1.54, 1.807) is 0 Å². The molecule has 0 bridgehead atoms. The molecule has 0 aromatic heterocycles. The maximum atomic E-state index is 12.6. The van der Waals surface area contributed by atoms with E-state index in [9.17, 15) is 14.4 Å². The Kier molecular flexibility index (Phi) is 6.00. The molecule has 0 spiro atoms. The van der Waals surface area contributed by atoms with Crippen molar-refractivity contribution in [3.05, 3.63) is 17.4 Å². The van der Waals surface area contributed by atoms with E-state index in [0.717, 1.165) is 19.3 Å². The van der Waals surface area contributed by atoms with Gasteiger partial charge in [-0.15, -0.1) is 5.73 Å². The van der Waals surface area contributed by atoms with Crippen LogP contribution in [0.5, 0.6) is 0 Å². The summed E-state index contributed by atoms with van der Waals surface area (Å²) in [7, 11) is 0. The minimum absolute atomic E-state index is 0.110. The van der Waals surface area contributed by atoms with Gasteiger partial charge >= 0.3 is 5.97 Å². The highest BCUT2D eigenvalue weighted by Crippen LogP contribution is 2.35. The van der Waals surface area contributed by atoms with Gasteiger partial charge in [-0.3, -0.25) is 9.59 Å². The highest BCUT2D eigenvalue weighted by Gasteiger charge is 2.37. The van der Waals surface area contributed by atoms with Gasteiger partial charge in [0.05, 0.1) is 12.5 Å². The van der Waals surface area contributed by atoms with Crippen LogP contribution < -0.4 is 5.32 Å². The summed E-state index contributed by atoms with van der Waals surface area (Å²) in [5.41, 5.74) is 2.98. The first-order valence-corrected chi connectivity index (χ1v) is 8.75. The van der Waals surface area contributed by atoms with Gasteiger partial charge < -0.3 is 10.1 Å². The average molecular weight is 333 g/mol. The lowest BCUT2D eigenvalue weighted by Crippen LogP contribution is -2.51. The van der Waals surface area contributed by atoms with Gasteiger partial charge in [-0.25, -0.2) is 4.79 Å². The van der Waals surface area contributed by atoms with Gasteiger partial charge in [0.1, 0.15) is 11.7 Å². The van der Waals surface area contributed by atoms with E-state index in [2.05, 4.69) is 31.8 Å². The molecule has 0 radical (unpaired) electrons.